The summed E-state index contributed by atoms with van der Waals surface area (Å²) in [5.74, 6) is 0.540. The van der Waals surface area contributed by atoms with Crippen LogP contribution in [0.2, 0.25) is 0 Å². The van der Waals surface area contributed by atoms with Crippen molar-refractivity contribution >= 4 is 30.7 Å². The summed E-state index contributed by atoms with van der Waals surface area (Å²) in [6.45, 7) is 5.10. The van der Waals surface area contributed by atoms with Crippen LogP contribution in [0.5, 0.6) is 0 Å². The number of halogens is 2. The summed E-state index contributed by atoms with van der Waals surface area (Å²) in [5, 5.41) is 2.90. The summed E-state index contributed by atoms with van der Waals surface area (Å²) in [4.78, 5) is 14.2. The van der Waals surface area contributed by atoms with Gasteiger partial charge in [-0.25, -0.2) is 0 Å². The molecule has 1 aliphatic rings. The highest BCUT2D eigenvalue weighted by Crippen LogP contribution is 2.25. The van der Waals surface area contributed by atoms with E-state index in [1.54, 1.807) is 6.07 Å². The van der Waals surface area contributed by atoms with E-state index in [1.165, 1.54) is 19.1 Å². The third-order valence-corrected chi connectivity index (χ3v) is 3.27. The number of nitrogens with two attached hydrogens (primary N) is 1. The van der Waals surface area contributed by atoms with E-state index in [-0.39, 0.29) is 30.7 Å². The maximum absolute atomic E-state index is 11.8. The minimum atomic E-state index is -0.0923. The molecule has 116 valence electrons. The van der Waals surface area contributed by atoms with E-state index in [0.29, 0.717) is 24.4 Å². The molecule has 1 saturated carbocycles. The van der Waals surface area contributed by atoms with Gasteiger partial charge >= 0.3 is 0 Å². The molecule has 0 aromatic carbocycles. The molecule has 1 aromatic heterocycles. The van der Waals surface area contributed by atoms with Gasteiger partial charge in [0.1, 0.15) is 12.0 Å². The van der Waals surface area contributed by atoms with Crippen molar-refractivity contribution in [1.82, 2.24) is 10.2 Å². The summed E-state index contributed by atoms with van der Waals surface area (Å²) in [6, 6.07) is 2.43. The van der Waals surface area contributed by atoms with Crippen molar-refractivity contribution < 1.29 is 9.21 Å². The quantitative estimate of drug-likeness (QED) is 0.802. The van der Waals surface area contributed by atoms with Crippen LogP contribution < -0.4 is 11.1 Å². The third-order valence-electron chi connectivity index (χ3n) is 3.27. The average Bonchev–Trinajstić information content (AvgIpc) is 3.10. The fourth-order valence-electron chi connectivity index (χ4n) is 2.06. The normalized spacial score (nSPS) is 13.6. The molecule has 7 heteroatoms. The monoisotopic (exact) mass is 323 g/mol. The van der Waals surface area contributed by atoms with Crippen LogP contribution in [-0.4, -0.2) is 36.5 Å². The highest BCUT2D eigenvalue weighted by molar-refractivity contribution is 5.93. The Labute approximate surface area is 132 Å². The first-order chi connectivity index (χ1) is 8.74. The van der Waals surface area contributed by atoms with Gasteiger partial charge in [0.05, 0.1) is 12.1 Å². The minimum Gasteiger partial charge on any atom is -0.467 e. The van der Waals surface area contributed by atoms with Crippen LogP contribution in [0.1, 0.15) is 35.9 Å². The van der Waals surface area contributed by atoms with E-state index >= 15 is 0 Å². The second-order valence-corrected chi connectivity index (χ2v) is 4.62. The lowest BCUT2D eigenvalue weighted by molar-refractivity contribution is 0.0947. The Morgan fingerprint density at radius 3 is 2.70 bits per heavy atom. The Hall–Kier alpha value is -0.750. The zero-order valence-electron chi connectivity index (χ0n) is 11.6. The Bertz CT molecular complexity index is 408. The predicted molar refractivity (Wildman–Crippen MR) is 83.7 cm³/mol. The van der Waals surface area contributed by atoms with Crippen molar-refractivity contribution in [2.75, 3.05) is 19.6 Å². The number of nitrogens with one attached hydrogen (secondary N) is 1. The van der Waals surface area contributed by atoms with Crippen LogP contribution in [0, 0.1) is 0 Å². The minimum absolute atomic E-state index is 0. The van der Waals surface area contributed by atoms with Crippen molar-refractivity contribution in [3.63, 3.8) is 0 Å². The molecule has 0 radical (unpaired) electrons. The van der Waals surface area contributed by atoms with E-state index < -0.39 is 0 Å². The first kappa shape index (κ1) is 19.2. The molecule has 0 bridgehead atoms. The van der Waals surface area contributed by atoms with E-state index in [1.807, 2.05) is 0 Å². The van der Waals surface area contributed by atoms with Crippen molar-refractivity contribution in [2.45, 2.75) is 32.4 Å². The van der Waals surface area contributed by atoms with Gasteiger partial charge in [-0.2, -0.15) is 0 Å². The molecular formula is C13H23Cl2N3O2. The van der Waals surface area contributed by atoms with Gasteiger partial charge in [0.2, 0.25) is 0 Å². The lowest BCUT2D eigenvalue weighted by atomic mass is 10.3. The van der Waals surface area contributed by atoms with Gasteiger partial charge in [-0.1, -0.05) is 6.92 Å². The maximum atomic E-state index is 11.8. The summed E-state index contributed by atoms with van der Waals surface area (Å²) < 4.78 is 5.14. The fourth-order valence-corrected chi connectivity index (χ4v) is 2.06. The number of nitrogens with zero attached hydrogens (tertiary/aromatic N) is 1. The molecule has 1 fully saturated rings. The van der Waals surface area contributed by atoms with Crippen molar-refractivity contribution in [3.8, 4) is 0 Å². The van der Waals surface area contributed by atoms with Gasteiger partial charge in [0.15, 0.2) is 0 Å². The van der Waals surface area contributed by atoms with Crippen LogP contribution >= 0.6 is 24.8 Å². The Kier molecular flexibility index (Phi) is 8.89. The molecule has 1 aliphatic carbocycles. The number of furan rings is 1. The summed E-state index contributed by atoms with van der Waals surface area (Å²) >= 11 is 0. The second-order valence-electron chi connectivity index (χ2n) is 4.62. The lowest BCUT2D eigenvalue weighted by Gasteiger charge is -2.19. The molecule has 0 atom stereocenters. The molecule has 2 rings (SSSR count). The number of amides is 1. The van der Waals surface area contributed by atoms with Crippen LogP contribution in [0.3, 0.4) is 0 Å². The van der Waals surface area contributed by atoms with E-state index in [9.17, 15) is 4.79 Å². The SMILES string of the molecule is CCN(CCNC(=O)c1coc(CN)c1)C1CC1.Cl.Cl. The van der Waals surface area contributed by atoms with Gasteiger partial charge in [0.25, 0.3) is 5.91 Å². The van der Waals surface area contributed by atoms with Crippen LogP contribution in [-0.2, 0) is 6.54 Å². The molecular weight excluding hydrogens is 301 g/mol. The van der Waals surface area contributed by atoms with E-state index in [0.717, 1.165) is 19.1 Å². The number of carbonyl (C=O) groups excluding carboxylic acids is 1. The number of likely N-dealkylation sites (N-methyl/N-ethyl adjacent to an activating group) is 1. The number of hydrogen-bond donors (Lipinski definition) is 2. The van der Waals surface area contributed by atoms with Gasteiger partial charge in [-0.05, 0) is 25.5 Å². The Balaban J connectivity index is 0.00000180. The zero-order chi connectivity index (χ0) is 13.0. The van der Waals surface area contributed by atoms with Gasteiger partial charge < -0.3 is 15.5 Å². The van der Waals surface area contributed by atoms with Gasteiger partial charge in [0, 0.05) is 19.1 Å². The largest absolute Gasteiger partial charge is 0.467 e. The summed E-state index contributed by atoms with van der Waals surface area (Å²) in [5.41, 5.74) is 5.98. The molecule has 0 unspecified atom stereocenters. The Morgan fingerprint density at radius 1 is 1.50 bits per heavy atom. The smallest absolute Gasteiger partial charge is 0.254 e. The second kappa shape index (κ2) is 9.23. The molecule has 0 saturated heterocycles. The van der Waals surface area contributed by atoms with Crippen molar-refractivity contribution in [2.24, 2.45) is 5.73 Å². The highest BCUT2D eigenvalue weighted by atomic mass is 35.5. The number of hydrogen-bond acceptors (Lipinski definition) is 4. The standard InChI is InChI=1S/C13H21N3O2.2ClH/c1-2-16(11-3-4-11)6-5-15-13(17)10-7-12(8-14)18-9-10;;/h7,9,11H,2-6,8,14H2,1H3,(H,15,17);2*1H. The van der Waals surface area contributed by atoms with Crippen LogP contribution in [0.15, 0.2) is 16.7 Å². The molecule has 1 aromatic rings. The molecule has 1 amide bonds. The van der Waals surface area contributed by atoms with E-state index in [2.05, 4.69) is 17.1 Å². The number of rotatable bonds is 7. The van der Waals surface area contributed by atoms with Gasteiger partial charge in [-0.3, -0.25) is 9.69 Å². The molecule has 20 heavy (non-hydrogen) atoms. The summed E-state index contributed by atoms with van der Waals surface area (Å²) in [7, 11) is 0. The predicted octanol–water partition coefficient (Wildman–Crippen LogP) is 1.80. The lowest BCUT2D eigenvalue weighted by Crippen LogP contribution is -2.35. The first-order valence-corrected chi connectivity index (χ1v) is 6.54. The molecule has 0 aliphatic heterocycles. The highest BCUT2D eigenvalue weighted by Gasteiger charge is 2.27. The Morgan fingerprint density at radius 2 is 2.20 bits per heavy atom. The van der Waals surface area contributed by atoms with Gasteiger partial charge in [-0.15, -0.1) is 24.8 Å². The summed E-state index contributed by atoms with van der Waals surface area (Å²) in [6.07, 6.45) is 4.04. The van der Waals surface area contributed by atoms with Crippen LogP contribution in [0.4, 0.5) is 0 Å². The number of carbonyl (C=O) groups is 1. The topological polar surface area (TPSA) is 71.5 Å². The molecule has 3 N–H and O–H groups in total. The third kappa shape index (κ3) is 5.32. The fraction of sp³-hybridized carbons (Fsp3) is 0.615. The molecule has 0 spiro atoms. The molecule has 1 heterocycles. The van der Waals surface area contributed by atoms with Crippen LogP contribution in [0.25, 0.3) is 0 Å². The molecule has 5 nitrogen and oxygen atoms in total. The van der Waals surface area contributed by atoms with Crippen molar-refractivity contribution in [1.29, 1.82) is 0 Å². The first-order valence-electron chi connectivity index (χ1n) is 6.54. The van der Waals surface area contributed by atoms with E-state index in [4.69, 9.17) is 10.2 Å². The zero-order valence-corrected chi connectivity index (χ0v) is 13.3. The maximum Gasteiger partial charge on any atom is 0.254 e. The van der Waals surface area contributed by atoms with Crippen molar-refractivity contribution in [3.05, 3.63) is 23.7 Å². The average molecular weight is 324 g/mol.